The number of nitriles is 3. The molecule has 13 heteroatoms. The molecule has 0 saturated carbocycles. The van der Waals surface area contributed by atoms with Crippen molar-refractivity contribution in [2.45, 2.75) is 22.4 Å². The van der Waals surface area contributed by atoms with Gasteiger partial charge in [0.15, 0.2) is 11.4 Å². The third kappa shape index (κ3) is 4.06. The van der Waals surface area contributed by atoms with Crippen molar-refractivity contribution in [2.75, 3.05) is 0 Å². The van der Waals surface area contributed by atoms with E-state index in [9.17, 15) is 31.6 Å². The van der Waals surface area contributed by atoms with E-state index in [2.05, 4.69) is 9.97 Å². The van der Waals surface area contributed by atoms with Crippen LogP contribution in [0.15, 0.2) is 32.5 Å². The molecule has 0 amide bonds. The zero-order chi connectivity index (χ0) is 22.3. The van der Waals surface area contributed by atoms with E-state index in [1.807, 2.05) is 0 Å². The summed E-state index contributed by atoms with van der Waals surface area (Å²) in [5.41, 5.74) is -4.71. The Kier molecular flexibility index (Phi) is 5.42. The van der Waals surface area contributed by atoms with Crippen molar-refractivity contribution in [1.82, 2.24) is 9.97 Å². The van der Waals surface area contributed by atoms with Crippen LogP contribution in [0.25, 0.3) is 5.57 Å². The van der Waals surface area contributed by atoms with E-state index in [4.69, 9.17) is 10.5 Å². The van der Waals surface area contributed by atoms with Crippen LogP contribution in [0.5, 0.6) is 0 Å². The number of nitrogens with zero attached hydrogens (tertiary/aromatic N) is 5. The van der Waals surface area contributed by atoms with E-state index in [1.165, 1.54) is 0 Å². The van der Waals surface area contributed by atoms with Gasteiger partial charge in [0.25, 0.3) is 0 Å². The second kappa shape index (κ2) is 7.56. The van der Waals surface area contributed by atoms with Gasteiger partial charge in [0.2, 0.25) is 0 Å². The molecular formula is C17H3F6N5S2. The molecule has 30 heavy (non-hydrogen) atoms. The molecule has 5 nitrogen and oxygen atoms in total. The summed E-state index contributed by atoms with van der Waals surface area (Å²) in [6.07, 6.45) is -10.1. The second-order valence-electron chi connectivity index (χ2n) is 5.53. The standard InChI is InChI=1S/C17H3F6N5S2/c18-16(19,20)8-1-7(2-9(3-8)17(21,22)23)10(4-24)15-29-13-14(30-15)28-12(6-26)11(5-25)27-13/h1-3H. The van der Waals surface area contributed by atoms with Gasteiger partial charge in [-0.1, -0.05) is 23.5 Å². The molecule has 0 atom stereocenters. The van der Waals surface area contributed by atoms with Gasteiger partial charge in [-0.2, -0.15) is 42.1 Å². The molecular weight excluding hydrogens is 452 g/mol. The minimum absolute atomic E-state index is 0.0268. The molecule has 0 fully saturated rings. The molecule has 0 spiro atoms. The average Bonchev–Trinajstić information content (AvgIpc) is 3.08. The summed E-state index contributed by atoms with van der Waals surface area (Å²) >= 11 is 1.53. The Morgan fingerprint density at radius 2 is 1.20 bits per heavy atom. The third-order valence-corrected chi connectivity index (χ3v) is 5.98. The molecule has 0 unspecified atom stereocenters. The number of halogens is 6. The third-order valence-electron chi connectivity index (χ3n) is 3.62. The van der Waals surface area contributed by atoms with E-state index in [-0.39, 0.29) is 31.7 Å². The highest BCUT2D eigenvalue weighted by molar-refractivity contribution is 8.24. The summed E-state index contributed by atoms with van der Waals surface area (Å²) in [7, 11) is 0. The molecule has 0 aliphatic carbocycles. The van der Waals surface area contributed by atoms with Gasteiger partial charge in [-0.05, 0) is 23.8 Å². The van der Waals surface area contributed by atoms with Crippen LogP contribution in [0.2, 0.25) is 0 Å². The molecule has 1 aliphatic heterocycles. The monoisotopic (exact) mass is 455 g/mol. The van der Waals surface area contributed by atoms with Crippen LogP contribution in [0, 0.1) is 34.0 Å². The number of aromatic nitrogens is 2. The summed E-state index contributed by atoms with van der Waals surface area (Å²) in [4.78, 5) is 7.82. The first-order valence-electron chi connectivity index (χ1n) is 7.50. The van der Waals surface area contributed by atoms with Crippen LogP contribution in [-0.2, 0) is 12.4 Å². The molecule has 0 radical (unpaired) electrons. The molecule has 2 aromatic rings. The maximum absolute atomic E-state index is 13.1. The van der Waals surface area contributed by atoms with Crippen molar-refractivity contribution < 1.29 is 26.3 Å². The van der Waals surface area contributed by atoms with Crippen molar-refractivity contribution in [3.63, 3.8) is 0 Å². The Bertz CT molecular complexity index is 1130. The van der Waals surface area contributed by atoms with Crippen molar-refractivity contribution in [1.29, 1.82) is 15.8 Å². The van der Waals surface area contributed by atoms with Gasteiger partial charge >= 0.3 is 12.4 Å². The summed E-state index contributed by atoms with van der Waals surface area (Å²) in [5, 5.41) is 27.7. The lowest BCUT2D eigenvalue weighted by Crippen LogP contribution is -2.11. The van der Waals surface area contributed by atoms with Gasteiger partial charge in [-0.15, -0.1) is 0 Å². The SMILES string of the molecule is N#CC(=C1Sc2nc(C#N)c(C#N)nc2S1)c1cc(C(F)(F)F)cc(C(F)(F)F)c1. The summed E-state index contributed by atoms with van der Waals surface area (Å²) in [6, 6.07) is 5.83. The minimum atomic E-state index is -5.06. The predicted molar refractivity (Wildman–Crippen MR) is 92.2 cm³/mol. The van der Waals surface area contributed by atoms with Crippen LogP contribution >= 0.6 is 23.5 Å². The smallest absolute Gasteiger partial charge is 0.224 e. The van der Waals surface area contributed by atoms with Gasteiger partial charge < -0.3 is 0 Å². The fourth-order valence-electron chi connectivity index (χ4n) is 2.32. The molecule has 3 rings (SSSR count). The Hall–Kier alpha value is -3.21. The maximum Gasteiger partial charge on any atom is 0.416 e. The average molecular weight is 455 g/mol. The zero-order valence-corrected chi connectivity index (χ0v) is 15.7. The number of rotatable bonds is 1. The molecule has 0 N–H and O–H groups in total. The molecule has 1 aromatic heterocycles. The highest BCUT2D eigenvalue weighted by atomic mass is 32.2. The predicted octanol–water partition coefficient (Wildman–Crippen LogP) is 5.35. The van der Waals surface area contributed by atoms with E-state index in [1.54, 1.807) is 18.2 Å². The number of allylic oxidation sites excluding steroid dienone is 1. The fourth-order valence-corrected chi connectivity index (χ4v) is 4.63. The van der Waals surface area contributed by atoms with Crippen LogP contribution in [-0.4, -0.2) is 9.97 Å². The van der Waals surface area contributed by atoms with E-state index < -0.39 is 34.6 Å². The first-order valence-corrected chi connectivity index (χ1v) is 9.13. The van der Waals surface area contributed by atoms with Gasteiger partial charge in [0.1, 0.15) is 28.3 Å². The molecule has 0 bridgehead atoms. The number of benzene rings is 1. The summed E-state index contributed by atoms with van der Waals surface area (Å²) in [6.45, 7) is 0. The Balaban J connectivity index is 2.17. The lowest BCUT2D eigenvalue weighted by atomic mass is 10.0. The first kappa shape index (κ1) is 21.5. The van der Waals surface area contributed by atoms with Crippen LogP contribution < -0.4 is 0 Å². The summed E-state index contributed by atoms with van der Waals surface area (Å²) < 4.78 is 78.7. The molecule has 2 heterocycles. The number of hydrogen-bond donors (Lipinski definition) is 0. The highest BCUT2D eigenvalue weighted by Gasteiger charge is 2.38. The Labute approximate surface area is 172 Å². The van der Waals surface area contributed by atoms with Crippen LogP contribution in [0.4, 0.5) is 26.3 Å². The fraction of sp³-hybridized carbons (Fsp3) is 0.118. The van der Waals surface area contributed by atoms with Crippen molar-refractivity contribution in [2.24, 2.45) is 0 Å². The lowest BCUT2D eigenvalue weighted by Gasteiger charge is -2.14. The number of hydrogen-bond acceptors (Lipinski definition) is 7. The normalized spacial score (nSPS) is 13.2. The van der Waals surface area contributed by atoms with Gasteiger partial charge in [-0.25, -0.2) is 9.97 Å². The second-order valence-corrected chi connectivity index (χ2v) is 7.78. The molecule has 0 saturated heterocycles. The Morgan fingerprint density at radius 3 is 1.53 bits per heavy atom. The van der Waals surface area contributed by atoms with Gasteiger partial charge in [0, 0.05) is 0 Å². The van der Waals surface area contributed by atoms with Crippen molar-refractivity contribution in [3.05, 3.63) is 50.5 Å². The quantitative estimate of drug-likeness (QED) is 0.422. The zero-order valence-electron chi connectivity index (χ0n) is 14.1. The van der Waals surface area contributed by atoms with E-state index >= 15 is 0 Å². The summed E-state index contributed by atoms with van der Waals surface area (Å²) in [5.74, 6) is 0. The van der Waals surface area contributed by atoms with Gasteiger partial charge in [-0.3, -0.25) is 0 Å². The highest BCUT2D eigenvalue weighted by Crippen LogP contribution is 2.52. The topological polar surface area (TPSA) is 97.1 Å². The van der Waals surface area contributed by atoms with E-state index in [0.717, 1.165) is 23.5 Å². The van der Waals surface area contributed by atoms with Crippen LogP contribution in [0.3, 0.4) is 0 Å². The number of fused-ring (bicyclic) bond motifs is 1. The largest absolute Gasteiger partial charge is 0.416 e. The van der Waals surface area contributed by atoms with Crippen LogP contribution in [0.1, 0.15) is 28.1 Å². The number of alkyl halides is 6. The maximum atomic E-state index is 13.1. The molecule has 150 valence electrons. The minimum Gasteiger partial charge on any atom is -0.224 e. The van der Waals surface area contributed by atoms with Crippen molar-refractivity contribution in [3.8, 4) is 18.2 Å². The first-order chi connectivity index (χ1) is 14.0. The molecule has 1 aliphatic rings. The van der Waals surface area contributed by atoms with Gasteiger partial charge in [0.05, 0.1) is 20.9 Å². The molecule has 1 aromatic carbocycles. The van der Waals surface area contributed by atoms with Crippen molar-refractivity contribution >= 4 is 29.1 Å². The number of thioether (sulfide) groups is 2. The Morgan fingerprint density at radius 1 is 0.767 bits per heavy atom. The van der Waals surface area contributed by atoms with E-state index in [0.29, 0.717) is 12.1 Å². The lowest BCUT2D eigenvalue weighted by molar-refractivity contribution is -0.143.